The van der Waals surface area contributed by atoms with Crippen LogP contribution >= 0.6 is 15.9 Å². The molecule has 4 aliphatic carbocycles. The lowest BCUT2D eigenvalue weighted by molar-refractivity contribution is -0.757. The average molecular weight is 690 g/mol. The van der Waals surface area contributed by atoms with Gasteiger partial charge in [-0.1, -0.05) is 49.7 Å². The van der Waals surface area contributed by atoms with E-state index >= 15 is 0 Å². The number of ether oxygens (including phenoxy) is 2. The molecule has 0 aromatic carbocycles. The molecule has 1 aromatic rings. The second-order valence-electron chi connectivity index (χ2n) is 16.0. The number of methoxy groups -OCH3 is 1. The van der Waals surface area contributed by atoms with Crippen molar-refractivity contribution < 1.29 is 33.8 Å². The predicted octanol–water partition coefficient (Wildman–Crippen LogP) is 6.27. The topological polar surface area (TPSA) is 96.9 Å². The molecule has 11 atom stereocenters. The Morgan fingerprint density at radius 3 is 2.36 bits per heavy atom. The summed E-state index contributed by atoms with van der Waals surface area (Å²) in [5.74, 6) is -0.276. The smallest absolute Gasteiger partial charge is 0.333 e. The molecule has 7 nitrogen and oxygen atoms in total. The first-order valence-electron chi connectivity index (χ1n) is 17.0. The van der Waals surface area contributed by atoms with E-state index in [1.807, 2.05) is 18.2 Å². The van der Waals surface area contributed by atoms with Gasteiger partial charge in [-0.05, 0) is 96.9 Å². The van der Waals surface area contributed by atoms with Gasteiger partial charge in [-0.15, -0.1) is 0 Å². The van der Waals surface area contributed by atoms with Gasteiger partial charge in [0, 0.05) is 38.5 Å². The molecule has 4 saturated carbocycles. The van der Waals surface area contributed by atoms with Crippen LogP contribution in [0.1, 0.15) is 99.8 Å². The Kier molecular flexibility index (Phi) is 9.49. The fraction of sp³-hybridized carbons (Fsp3) is 0.757. The lowest BCUT2D eigenvalue weighted by Gasteiger charge is -2.69. The van der Waals surface area contributed by atoms with Crippen LogP contribution in [0.4, 0.5) is 0 Å². The third kappa shape index (κ3) is 5.52. The fourth-order valence-electron chi connectivity index (χ4n) is 11.0. The van der Waals surface area contributed by atoms with Gasteiger partial charge in [0.25, 0.3) is 0 Å². The monoisotopic (exact) mass is 688 g/mol. The van der Waals surface area contributed by atoms with Crippen molar-refractivity contribution >= 4 is 27.9 Å². The van der Waals surface area contributed by atoms with Crippen LogP contribution in [-0.4, -0.2) is 52.4 Å². The van der Waals surface area contributed by atoms with Gasteiger partial charge in [0.2, 0.25) is 0 Å². The van der Waals surface area contributed by atoms with E-state index < -0.39 is 12.2 Å². The van der Waals surface area contributed by atoms with E-state index in [0.29, 0.717) is 37.2 Å². The molecule has 0 saturated heterocycles. The minimum atomic E-state index is -0.564. The largest absolute Gasteiger partial charge is 0.466 e. The highest BCUT2D eigenvalue weighted by molar-refractivity contribution is 9.09. The van der Waals surface area contributed by atoms with Crippen LogP contribution in [0.15, 0.2) is 41.7 Å². The number of pyridine rings is 1. The van der Waals surface area contributed by atoms with Crippen molar-refractivity contribution in [2.24, 2.45) is 39.9 Å². The molecule has 1 heterocycles. The zero-order valence-electron chi connectivity index (χ0n) is 28.5. The highest BCUT2D eigenvalue weighted by Gasteiger charge is 2.71. The molecule has 0 aliphatic heterocycles. The Bertz CT molecular complexity index is 1310. The van der Waals surface area contributed by atoms with Gasteiger partial charge in [0.1, 0.15) is 6.10 Å². The van der Waals surface area contributed by atoms with Gasteiger partial charge in [0.05, 0.1) is 24.1 Å². The molecule has 5 unspecified atom stereocenters. The summed E-state index contributed by atoms with van der Waals surface area (Å²) in [5.41, 5.74) is 0.520. The third-order valence-corrected chi connectivity index (χ3v) is 15.2. The van der Waals surface area contributed by atoms with E-state index in [9.17, 15) is 19.8 Å². The maximum atomic E-state index is 13.7. The third-order valence-electron chi connectivity index (χ3n) is 13.6. The van der Waals surface area contributed by atoms with E-state index in [1.54, 1.807) is 0 Å². The molecule has 5 rings (SSSR count). The number of hydrogen-bond acceptors (Lipinski definition) is 6. The van der Waals surface area contributed by atoms with Crippen molar-refractivity contribution in [2.45, 2.75) is 129 Å². The summed E-state index contributed by atoms with van der Waals surface area (Å²) in [6, 6.07) is 6.02. The van der Waals surface area contributed by atoms with Crippen LogP contribution in [0.5, 0.6) is 0 Å². The Balaban J connectivity index is 1.56. The molecule has 1 aromatic heterocycles. The number of rotatable bonds is 7. The first-order valence-corrected chi connectivity index (χ1v) is 17.9. The first-order chi connectivity index (χ1) is 21.0. The minimum absolute atomic E-state index is 0.0373. The standard InChI is InChI=1S/C37H55BrNO6/c1-22-25-14-17-36(6)32(35(25,5)16-15-27(22)41)28(42)20-26-31(29(45-23(2)40)21-37(26,36)7)24(33(43)44-8)12-13-30(38)34(3,4)39-18-10-9-11-19-39/h9-11,18-19,22,25-30,32,41-42H,12-17,20-21H2,1-8H3/q+1/b31-24-/t22-,25?,26?,27+,28?,29-,30?,32?,35-,36-,37-/m0/s1. The van der Waals surface area contributed by atoms with Crippen molar-refractivity contribution in [3.63, 3.8) is 0 Å². The summed E-state index contributed by atoms with van der Waals surface area (Å²) in [5, 5.41) is 23.0. The number of carbonyl (C=O) groups excluding carboxylic acids is 2. The Morgan fingerprint density at radius 1 is 1.07 bits per heavy atom. The first kappa shape index (κ1) is 34.6. The predicted molar refractivity (Wildman–Crippen MR) is 176 cm³/mol. The van der Waals surface area contributed by atoms with Crippen LogP contribution < -0.4 is 4.57 Å². The molecule has 4 aliphatic rings. The maximum absolute atomic E-state index is 13.7. The highest BCUT2D eigenvalue weighted by Crippen LogP contribution is 2.74. The number of halogens is 1. The van der Waals surface area contributed by atoms with Crippen molar-refractivity contribution in [1.29, 1.82) is 0 Å². The molecule has 45 heavy (non-hydrogen) atoms. The summed E-state index contributed by atoms with van der Waals surface area (Å²) >= 11 is 3.95. The quantitative estimate of drug-likeness (QED) is 0.152. The van der Waals surface area contributed by atoms with Crippen molar-refractivity contribution in [3.8, 4) is 0 Å². The van der Waals surface area contributed by atoms with E-state index in [2.05, 4.69) is 74.4 Å². The second kappa shape index (κ2) is 12.4. The lowest BCUT2D eigenvalue weighted by Crippen LogP contribution is -2.65. The summed E-state index contributed by atoms with van der Waals surface area (Å²) in [6.45, 7) is 15.0. The maximum Gasteiger partial charge on any atom is 0.333 e. The minimum Gasteiger partial charge on any atom is -0.466 e. The number of aromatic nitrogens is 1. The van der Waals surface area contributed by atoms with Crippen LogP contribution in [0.3, 0.4) is 0 Å². The molecular formula is C37H55BrNO6+. The molecule has 8 heteroatoms. The zero-order valence-corrected chi connectivity index (χ0v) is 30.1. The number of hydrogen-bond donors (Lipinski definition) is 2. The van der Waals surface area contributed by atoms with Gasteiger partial charge in [-0.3, -0.25) is 4.79 Å². The number of aliphatic hydroxyl groups excluding tert-OH is 2. The number of carbonyl (C=O) groups is 2. The van der Waals surface area contributed by atoms with E-state index in [-0.39, 0.29) is 62.4 Å². The van der Waals surface area contributed by atoms with E-state index in [1.165, 1.54) is 14.0 Å². The van der Waals surface area contributed by atoms with Crippen LogP contribution in [-0.2, 0) is 24.6 Å². The van der Waals surface area contributed by atoms with Crippen LogP contribution in [0.25, 0.3) is 0 Å². The van der Waals surface area contributed by atoms with Crippen molar-refractivity contribution in [2.75, 3.05) is 7.11 Å². The van der Waals surface area contributed by atoms with Crippen molar-refractivity contribution in [1.82, 2.24) is 0 Å². The molecular weight excluding hydrogens is 634 g/mol. The molecule has 4 fully saturated rings. The average Bonchev–Trinajstić information content (AvgIpc) is 3.26. The summed E-state index contributed by atoms with van der Waals surface area (Å²) in [6.07, 6.45) is 8.55. The number of nitrogens with zero attached hydrogens (tertiary/aromatic N) is 1. The molecule has 0 spiro atoms. The van der Waals surface area contributed by atoms with Gasteiger partial charge >= 0.3 is 11.9 Å². The number of fused-ring (bicyclic) bond motifs is 5. The van der Waals surface area contributed by atoms with Crippen molar-refractivity contribution in [3.05, 3.63) is 41.7 Å². The van der Waals surface area contributed by atoms with Gasteiger partial charge in [-0.25, -0.2) is 4.79 Å². The lowest BCUT2D eigenvalue weighted by atomic mass is 9.36. The Morgan fingerprint density at radius 2 is 1.73 bits per heavy atom. The van der Waals surface area contributed by atoms with Gasteiger partial charge in [0.15, 0.2) is 17.9 Å². The number of aliphatic hydroxyl groups is 2. The number of alkyl halides is 1. The molecule has 0 radical (unpaired) electrons. The van der Waals surface area contributed by atoms with Gasteiger partial charge < -0.3 is 19.7 Å². The summed E-state index contributed by atoms with van der Waals surface area (Å²) < 4.78 is 13.7. The molecule has 0 bridgehead atoms. The Hall–Kier alpha value is -1.77. The zero-order chi connectivity index (χ0) is 33.1. The molecule has 0 amide bonds. The summed E-state index contributed by atoms with van der Waals surface area (Å²) in [7, 11) is 1.42. The normalized spacial score (nSPS) is 41.3. The van der Waals surface area contributed by atoms with Crippen LogP contribution in [0, 0.1) is 39.9 Å². The fourth-order valence-corrected chi connectivity index (χ4v) is 11.4. The van der Waals surface area contributed by atoms with Crippen LogP contribution in [0.2, 0.25) is 0 Å². The second-order valence-corrected chi connectivity index (χ2v) is 17.1. The van der Waals surface area contributed by atoms with E-state index in [4.69, 9.17) is 9.47 Å². The molecule has 2 N–H and O–H groups in total. The summed E-state index contributed by atoms with van der Waals surface area (Å²) in [4.78, 5) is 26.3. The van der Waals surface area contributed by atoms with E-state index in [0.717, 1.165) is 31.3 Å². The molecule has 250 valence electrons. The SMILES string of the molecule is COC(=O)/C(CCC(Br)C(C)(C)[n+]1ccccc1)=C1/C2CC(O)C3[C@@]4(C)CC[C@@H](O)[C@@H](C)C4CC[C@]3(C)[C@@]2(C)C[C@@H]1OC(C)=O. The highest BCUT2D eigenvalue weighted by atomic mass is 79.9. The number of esters is 2. The van der Waals surface area contributed by atoms with Gasteiger partial charge in [-0.2, -0.15) is 4.57 Å². The Labute approximate surface area is 278 Å².